The molecule has 9 heteroatoms. The van der Waals surface area contributed by atoms with Crippen LogP contribution in [0, 0.1) is 6.92 Å². The molecule has 2 N–H and O–H groups in total. The molecule has 32 heavy (non-hydrogen) atoms. The number of benzene rings is 2. The van der Waals surface area contributed by atoms with Gasteiger partial charge in [0.15, 0.2) is 5.75 Å². The van der Waals surface area contributed by atoms with Gasteiger partial charge in [-0.25, -0.2) is 0 Å². The number of nitrogens with two attached hydrogens (primary N) is 1. The van der Waals surface area contributed by atoms with E-state index in [9.17, 15) is 4.79 Å². The van der Waals surface area contributed by atoms with Gasteiger partial charge in [-0.1, -0.05) is 42.3 Å². The van der Waals surface area contributed by atoms with Gasteiger partial charge in [-0.05, 0) is 42.3 Å². The Morgan fingerprint density at radius 2 is 1.78 bits per heavy atom. The van der Waals surface area contributed by atoms with Crippen molar-refractivity contribution in [2.24, 2.45) is 5.73 Å². The maximum Gasteiger partial charge on any atom is 0.223 e. The monoisotopic (exact) mass is 502 g/mol. The van der Waals surface area contributed by atoms with Crippen molar-refractivity contribution in [2.75, 3.05) is 26.4 Å². The molecule has 0 saturated carbocycles. The Hall–Kier alpha value is -1.70. The van der Waals surface area contributed by atoms with Crippen molar-refractivity contribution in [3.63, 3.8) is 0 Å². The molecule has 0 bridgehead atoms. The topological polar surface area (TPSA) is 74.0 Å². The molecule has 2 unspecified atom stereocenters. The predicted octanol–water partition coefficient (Wildman–Crippen LogP) is 4.65. The van der Waals surface area contributed by atoms with Gasteiger partial charge in [0.25, 0.3) is 0 Å². The molecule has 6 nitrogen and oxygen atoms in total. The smallest absolute Gasteiger partial charge is 0.223 e. The Balaban J connectivity index is 0.00000363. The molecule has 0 aliphatic carbocycles. The average Bonchev–Trinajstić information content (AvgIpc) is 2.74. The fourth-order valence-corrected chi connectivity index (χ4v) is 4.21. The van der Waals surface area contributed by atoms with Crippen LogP contribution < -0.4 is 15.2 Å². The number of hydrogen-bond donors (Lipinski definition) is 1. The van der Waals surface area contributed by atoms with Crippen LogP contribution in [0.25, 0.3) is 0 Å². The fraction of sp³-hybridized carbons (Fsp3) is 0.435. The molecule has 0 spiro atoms. The molecule has 1 amide bonds. The largest absolute Gasteiger partial charge is 0.490 e. The minimum Gasteiger partial charge on any atom is -0.490 e. The van der Waals surface area contributed by atoms with Crippen LogP contribution in [0.1, 0.15) is 24.5 Å². The molecule has 0 aromatic heterocycles. The number of aryl methyl sites for hydroxylation is 1. The summed E-state index contributed by atoms with van der Waals surface area (Å²) in [6.45, 7) is 5.47. The van der Waals surface area contributed by atoms with Crippen LogP contribution in [0.15, 0.2) is 36.4 Å². The SMILES string of the molecule is CCC(=O)N1CCOC(Cc2ccc(OCCOc3c(Cl)cc(C)cc3Cl)cc2)C1N.Cl. The van der Waals surface area contributed by atoms with Crippen LogP contribution in [0.3, 0.4) is 0 Å². The van der Waals surface area contributed by atoms with Crippen LogP contribution in [0.5, 0.6) is 11.5 Å². The summed E-state index contributed by atoms with van der Waals surface area (Å²) < 4.78 is 17.2. The highest BCUT2D eigenvalue weighted by Crippen LogP contribution is 2.34. The summed E-state index contributed by atoms with van der Waals surface area (Å²) in [7, 11) is 0. The summed E-state index contributed by atoms with van der Waals surface area (Å²) in [5, 5.41) is 0.966. The number of amides is 1. The van der Waals surface area contributed by atoms with Gasteiger partial charge in [0, 0.05) is 19.4 Å². The first-order valence-corrected chi connectivity index (χ1v) is 11.1. The number of halogens is 3. The number of morpholine rings is 1. The molecule has 2 aromatic rings. The summed E-state index contributed by atoms with van der Waals surface area (Å²) in [6, 6.07) is 11.3. The third-order valence-corrected chi connectivity index (χ3v) is 5.69. The lowest BCUT2D eigenvalue weighted by Gasteiger charge is -2.39. The Labute approximate surface area is 205 Å². The van der Waals surface area contributed by atoms with E-state index in [0.29, 0.717) is 55.0 Å². The first-order chi connectivity index (χ1) is 14.9. The van der Waals surface area contributed by atoms with E-state index in [1.165, 1.54) is 0 Å². The van der Waals surface area contributed by atoms with E-state index in [4.69, 9.17) is 43.1 Å². The van der Waals surface area contributed by atoms with Crippen LogP contribution in [-0.4, -0.2) is 49.4 Å². The first-order valence-electron chi connectivity index (χ1n) is 10.4. The van der Waals surface area contributed by atoms with Gasteiger partial charge in [0.2, 0.25) is 5.91 Å². The van der Waals surface area contributed by atoms with Gasteiger partial charge in [0.1, 0.15) is 25.1 Å². The summed E-state index contributed by atoms with van der Waals surface area (Å²) in [6.07, 6.45) is 0.407. The third-order valence-electron chi connectivity index (χ3n) is 5.13. The number of nitrogens with zero attached hydrogens (tertiary/aromatic N) is 1. The Kier molecular flexibility index (Phi) is 10.4. The van der Waals surface area contributed by atoms with E-state index in [1.807, 2.05) is 50.2 Å². The summed E-state index contributed by atoms with van der Waals surface area (Å²) >= 11 is 12.4. The van der Waals surface area contributed by atoms with E-state index in [0.717, 1.165) is 16.9 Å². The highest BCUT2D eigenvalue weighted by Gasteiger charge is 2.31. The standard InChI is InChI=1S/C23H28Cl2N2O4.ClH/c1-3-21(28)27-8-9-30-20(23(27)26)14-16-4-6-17(7-5-16)29-10-11-31-22-18(24)12-15(2)13-19(22)25;/h4-7,12-13,20,23H,3,8-11,14,26H2,1-2H3;1H. The molecule has 2 aromatic carbocycles. The first kappa shape index (κ1) is 26.6. The fourth-order valence-electron chi connectivity index (χ4n) is 3.51. The zero-order chi connectivity index (χ0) is 22.4. The lowest BCUT2D eigenvalue weighted by Crippen LogP contribution is -2.58. The number of ether oxygens (including phenoxy) is 3. The van der Waals surface area contributed by atoms with Crippen LogP contribution >= 0.6 is 35.6 Å². The molecule has 0 radical (unpaired) electrons. The van der Waals surface area contributed by atoms with Gasteiger partial charge in [-0.2, -0.15) is 0 Å². The Morgan fingerprint density at radius 1 is 1.16 bits per heavy atom. The molecular weight excluding hydrogens is 475 g/mol. The summed E-state index contributed by atoms with van der Waals surface area (Å²) in [4.78, 5) is 13.7. The van der Waals surface area contributed by atoms with Gasteiger partial charge in [-0.15, -0.1) is 12.4 Å². The zero-order valence-corrected chi connectivity index (χ0v) is 20.5. The zero-order valence-electron chi connectivity index (χ0n) is 18.2. The van der Waals surface area contributed by atoms with E-state index in [1.54, 1.807) is 4.90 Å². The number of rotatable bonds is 8. The second-order valence-corrected chi connectivity index (χ2v) is 8.26. The number of carbonyl (C=O) groups is 1. The van der Waals surface area contributed by atoms with E-state index < -0.39 is 6.17 Å². The number of carbonyl (C=O) groups excluding carboxylic acids is 1. The van der Waals surface area contributed by atoms with Crippen molar-refractivity contribution in [1.29, 1.82) is 0 Å². The second kappa shape index (κ2) is 12.5. The molecule has 1 aliphatic rings. The van der Waals surface area contributed by atoms with Crippen molar-refractivity contribution in [3.05, 3.63) is 57.6 Å². The van der Waals surface area contributed by atoms with Crippen LogP contribution in [0.2, 0.25) is 10.0 Å². The normalized spacial score (nSPS) is 18.1. The maximum absolute atomic E-state index is 12.0. The third kappa shape index (κ3) is 6.90. The van der Waals surface area contributed by atoms with Crippen molar-refractivity contribution < 1.29 is 19.0 Å². The highest BCUT2D eigenvalue weighted by atomic mass is 35.5. The molecule has 176 valence electrons. The predicted molar refractivity (Wildman–Crippen MR) is 129 cm³/mol. The minimum atomic E-state index is -0.435. The quantitative estimate of drug-likeness (QED) is 0.531. The molecule has 1 aliphatic heterocycles. The van der Waals surface area contributed by atoms with Crippen LogP contribution in [0.4, 0.5) is 0 Å². The molecular formula is C23H29Cl3N2O4. The molecule has 3 rings (SSSR count). The molecule has 1 fully saturated rings. The maximum atomic E-state index is 12.0. The number of hydrogen-bond acceptors (Lipinski definition) is 5. The second-order valence-electron chi connectivity index (χ2n) is 7.44. The molecule has 1 saturated heterocycles. The summed E-state index contributed by atoms with van der Waals surface area (Å²) in [5.41, 5.74) is 8.30. The lowest BCUT2D eigenvalue weighted by molar-refractivity contribution is -0.145. The lowest BCUT2D eigenvalue weighted by atomic mass is 10.0. The van der Waals surface area contributed by atoms with Gasteiger partial charge in [-0.3, -0.25) is 4.79 Å². The molecule has 1 heterocycles. The van der Waals surface area contributed by atoms with E-state index in [-0.39, 0.29) is 24.4 Å². The minimum absolute atomic E-state index is 0. The van der Waals surface area contributed by atoms with Crippen molar-refractivity contribution in [1.82, 2.24) is 4.90 Å². The Morgan fingerprint density at radius 3 is 2.41 bits per heavy atom. The van der Waals surface area contributed by atoms with Gasteiger partial charge in [0.05, 0.1) is 22.8 Å². The van der Waals surface area contributed by atoms with E-state index >= 15 is 0 Å². The van der Waals surface area contributed by atoms with Crippen molar-refractivity contribution in [3.8, 4) is 11.5 Å². The molecule has 2 atom stereocenters. The average molecular weight is 504 g/mol. The van der Waals surface area contributed by atoms with Crippen molar-refractivity contribution >= 4 is 41.5 Å². The Bertz CT molecular complexity index is 872. The summed E-state index contributed by atoms with van der Waals surface area (Å²) in [5.74, 6) is 1.25. The van der Waals surface area contributed by atoms with Gasteiger partial charge < -0.3 is 24.8 Å². The van der Waals surface area contributed by atoms with Crippen LogP contribution in [-0.2, 0) is 16.0 Å². The highest BCUT2D eigenvalue weighted by molar-refractivity contribution is 6.37. The van der Waals surface area contributed by atoms with Gasteiger partial charge >= 0.3 is 0 Å². The van der Waals surface area contributed by atoms with Crippen molar-refractivity contribution in [2.45, 2.75) is 39.0 Å². The van der Waals surface area contributed by atoms with E-state index in [2.05, 4.69) is 0 Å².